The molecule has 0 aliphatic heterocycles. The first-order valence-electron chi connectivity index (χ1n) is 6.44. The van der Waals surface area contributed by atoms with Crippen molar-refractivity contribution in [2.45, 2.75) is 42.7 Å². The molecule has 21 heavy (non-hydrogen) atoms. The van der Waals surface area contributed by atoms with Crippen LogP contribution < -0.4 is 4.72 Å². The third-order valence-corrected chi connectivity index (χ3v) is 4.97. The van der Waals surface area contributed by atoms with Crippen molar-refractivity contribution in [1.29, 1.82) is 0 Å². The molecule has 2 rings (SSSR count). The Hall–Kier alpha value is -1.58. The van der Waals surface area contributed by atoms with Gasteiger partial charge in [0.2, 0.25) is 10.0 Å². The molecule has 0 unspecified atom stereocenters. The molecule has 1 saturated carbocycles. The van der Waals surface area contributed by atoms with Gasteiger partial charge in [0, 0.05) is 18.2 Å². The first kappa shape index (κ1) is 15.8. The Labute approximate surface area is 121 Å². The lowest BCUT2D eigenvalue weighted by molar-refractivity contribution is -0.385. The second-order valence-electron chi connectivity index (χ2n) is 5.00. The zero-order valence-electron chi connectivity index (χ0n) is 11.0. The fourth-order valence-corrected chi connectivity index (χ4v) is 3.69. The summed E-state index contributed by atoms with van der Waals surface area (Å²) in [7, 11) is -4.18. The summed E-state index contributed by atoms with van der Waals surface area (Å²) in [5.41, 5.74) is -0.490. The van der Waals surface area contributed by atoms with E-state index in [1.54, 1.807) is 0 Å². The standard InChI is InChI=1S/C12H15FN2O5S/c13-11-6-3-9(15(17)18)7-12(11)21(19,20)14-8-1-4-10(16)5-2-8/h3,6-8,10,14,16H,1-2,4-5H2. The van der Waals surface area contributed by atoms with Crippen molar-refractivity contribution in [2.75, 3.05) is 0 Å². The lowest BCUT2D eigenvalue weighted by Crippen LogP contribution is -2.38. The minimum atomic E-state index is -4.18. The van der Waals surface area contributed by atoms with Crippen LogP contribution in [0.1, 0.15) is 25.7 Å². The molecule has 1 aliphatic rings. The molecule has 116 valence electrons. The van der Waals surface area contributed by atoms with Crippen LogP contribution in [-0.4, -0.2) is 30.6 Å². The van der Waals surface area contributed by atoms with Gasteiger partial charge in [-0.15, -0.1) is 0 Å². The highest BCUT2D eigenvalue weighted by molar-refractivity contribution is 7.89. The van der Waals surface area contributed by atoms with Gasteiger partial charge in [0.15, 0.2) is 0 Å². The summed E-state index contributed by atoms with van der Waals surface area (Å²) >= 11 is 0. The third-order valence-electron chi connectivity index (χ3n) is 3.43. The normalized spacial score (nSPS) is 23.0. The van der Waals surface area contributed by atoms with E-state index in [2.05, 4.69) is 4.72 Å². The molecule has 1 aromatic rings. The minimum absolute atomic E-state index is 0.405. The molecule has 9 heteroatoms. The number of nitrogens with one attached hydrogen (secondary N) is 1. The van der Waals surface area contributed by atoms with Gasteiger partial charge in [-0.1, -0.05) is 0 Å². The number of rotatable bonds is 4. The molecule has 7 nitrogen and oxygen atoms in total. The number of halogens is 1. The molecule has 0 amide bonds. The molecule has 0 saturated heterocycles. The number of aliphatic hydroxyl groups is 1. The van der Waals surface area contributed by atoms with E-state index in [1.165, 1.54) is 0 Å². The van der Waals surface area contributed by atoms with Gasteiger partial charge in [-0.3, -0.25) is 10.1 Å². The van der Waals surface area contributed by atoms with Crippen molar-refractivity contribution in [3.8, 4) is 0 Å². The molecule has 0 heterocycles. The minimum Gasteiger partial charge on any atom is -0.393 e. The smallest absolute Gasteiger partial charge is 0.270 e. The molecule has 0 atom stereocenters. The second kappa shape index (κ2) is 6.04. The number of nitro benzene ring substituents is 1. The highest BCUT2D eigenvalue weighted by Crippen LogP contribution is 2.24. The first-order chi connectivity index (χ1) is 9.79. The van der Waals surface area contributed by atoms with E-state index in [0.29, 0.717) is 31.7 Å². The average Bonchev–Trinajstić information content (AvgIpc) is 2.41. The van der Waals surface area contributed by atoms with Crippen molar-refractivity contribution in [1.82, 2.24) is 4.72 Å². The number of hydrogen-bond acceptors (Lipinski definition) is 5. The van der Waals surface area contributed by atoms with Gasteiger partial charge in [0.25, 0.3) is 5.69 Å². The number of sulfonamides is 1. The van der Waals surface area contributed by atoms with Crippen molar-refractivity contribution in [2.24, 2.45) is 0 Å². The number of non-ortho nitro benzene ring substituents is 1. The predicted molar refractivity (Wildman–Crippen MR) is 71.6 cm³/mol. The number of hydrogen-bond donors (Lipinski definition) is 2. The van der Waals surface area contributed by atoms with Crippen molar-refractivity contribution in [3.63, 3.8) is 0 Å². The molecular formula is C12H15FN2O5S. The average molecular weight is 318 g/mol. The highest BCUT2D eigenvalue weighted by atomic mass is 32.2. The summed E-state index contributed by atoms with van der Waals surface area (Å²) in [5.74, 6) is -1.04. The number of nitrogens with zero attached hydrogens (tertiary/aromatic N) is 1. The lowest BCUT2D eigenvalue weighted by atomic mass is 9.94. The van der Waals surface area contributed by atoms with Gasteiger partial charge in [-0.2, -0.15) is 0 Å². The molecule has 0 bridgehead atoms. The lowest BCUT2D eigenvalue weighted by Gasteiger charge is -2.25. The van der Waals surface area contributed by atoms with Gasteiger partial charge in [0.1, 0.15) is 10.7 Å². The molecule has 0 spiro atoms. The zero-order valence-corrected chi connectivity index (χ0v) is 11.8. The maximum absolute atomic E-state index is 13.7. The summed E-state index contributed by atoms with van der Waals surface area (Å²) in [5, 5.41) is 20.0. The van der Waals surface area contributed by atoms with Crippen LogP contribution in [0.5, 0.6) is 0 Å². The van der Waals surface area contributed by atoms with Crippen LogP contribution >= 0.6 is 0 Å². The summed E-state index contributed by atoms with van der Waals surface area (Å²) in [6.45, 7) is 0. The Balaban J connectivity index is 2.23. The van der Waals surface area contributed by atoms with Gasteiger partial charge in [-0.25, -0.2) is 17.5 Å². The van der Waals surface area contributed by atoms with E-state index < -0.39 is 43.5 Å². The van der Waals surface area contributed by atoms with Crippen LogP contribution in [0.4, 0.5) is 10.1 Å². The molecule has 1 aliphatic carbocycles. The van der Waals surface area contributed by atoms with Gasteiger partial charge >= 0.3 is 0 Å². The van der Waals surface area contributed by atoms with E-state index >= 15 is 0 Å². The van der Waals surface area contributed by atoms with Crippen molar-refractivity contribution >= 4 is 15.7 Å². The Bertz CT molecular complexity index is 641. The molecule has 0 radical (unpaired) electrons. The number of aliphatic hydroxyl groups excluding tert-OH is 1. The van der Waals surface area contributed by atoms with E-state index in [0.717, 1.165) is 12.1 Å². The molecule has 0 aromatic heterocycles. The van der Waals surface area contributed by atoms with Crippen molar-refractivity contribution < 1.29 is 22.8 Å². The fraction of sp³-hybridized carbons (Fsp3) is 0.500. The van der Waals surface area contributed by atoms with Gasteiger partial charge in [0.05, 0.1) is 11.0 Å². The number of nitro groups is 1. The van der Waals surface area contributed by atoms with Crippen molar-refractivity contribution in [3.05, 3.63) is 34.1 Å². The fourth-order valence-electron chi connectivity index (χ4n) is 2.29. The maximum Gasteiger partial charge on any atom is 0.270 e. The quantitative estimate of drug-likeness (QED) is 0.642. The summed E-state index contributed by atoms with van der Waals surface area (Å²) < 4.78 is 40.3. The van der Waals surface area contributed by atoms with Crippen LogP contribution in [0.3, 0.4) is 0 Å². The zero-order chi connectivity index (χ0) is 15.6. The highest BCUT2D eigenvalue weighted by Gasteiger charge is 2.28. The molecule has 2 N–H and O–H groups in total. The Kier molecular flexibility index (Phi) is 4.55. The summed E-state index contributed by atoms with van der Waals surface area (Å²) in [6.07, 6.45) is 1.36. The molecular weight excluding hydrogens is 303 g/mol. The molecule has 1 aromatic carbocycles. The summed E-state index contributed by atoms with van der Waals surface area (Å²) in [4.78, 5) is 9.14. The third kappa shape index (κ3) is 3.74. The van der Waals surface area contributed by atoms with E-state index in [1.807, 2.05) is 0 Å². The largest absolute Gasteiger partial charge is 0.393 e. The van der Waals surface area contributed by atoms with E-state index in [9.17, 15) is 28.0 Å². The van der Waals surface area contributed by atoms with E-state index in [4.69, 9.17) is 0 Å². The van der Waals surface area contributed by atoms with Crippen LogP contribution in [0, 0.1) is 15.9 Å². The van der Waals surface area contributed by atoms with Gasteiger partial charge in [-0.05, 0) is 31.7 Å². The Morgan fingerprint density at radius 2 is 1.90 bits per heavy atom. The number of benzene rings is 1. The monoisotopic (exact) mass is 318 g/mol. The molecule has 1 fully saturated rings. The van der Waals surface area contributed by atoms with Gasteiger partial charge < -0.3 is 5.11 Å². The predicted octanol–water partition coefficient (Wildman–Crippen LogP) is 1.32. The Morgan fingerprint density at radius 3 is 2.48 bits per heavy atom. The van der Waals surface area contributed by atoms with Crippen LogP contribution in [0.25, 0.3) is 0 Å². The van der Waals surface area contributed by atoms with Crippen LogP contribution in [0.15, 0.2) is 23.1 Å². The maximum atomic E-state index is 13.7. The first-order valence-corrected chi connectivity index (χ1v) is 7.92. The topological polar surface area (TPSA) is 110 Å². The SMILES string of the molecule is O=[N+]([O-])c1ccc(F)c(S(=O)(=O)NC2CCC(O)CC2)c1. The summed E-state index contributed by atoms with van der Waals surface area (Å²) in [6, 6.07) is 1.97. The van der Waals surface area contributed by atoms with E-state index in [-0.39, 0.29) is 0 Å². The second-order valence-corrected chi connectivity index (χ2v) is 6.68. The Morgan fingerprint density at radius 1 is 1.29 bits per heavy atom. The van der Waals surface area contributed by atoms with Crippen LogP contribution in [0.2, 0.25) is 0 Å². The van der Waals surface area contributed by atoms with Crippen LogP contribution in [-0.2, 0) is 10.0 Å².